The van der Waals surface area contributed by atoms with Crippen molar-refractivity contribution in [3.63, 3.8) is 0 Å². The lowest BCUT2D eigenvalue weighted by Gasteiger charge is -2.32. The van der Waals surface area contributed by atoms with Crippen molar-refractivity contribution in [1.29, 1.82) is 0 Å². The van der Waals surface area contributed by atoms with E-state index in [0.29, 0.717) is 0 Å². The van der Waals surface area contributed by atoms with Gasteiger partial charge in [-0.1, -0.05) is 84.9 Å². The molecule has 1 saturated heterocycles. The van der Waals surface area contributed by atoms with E-state index in [0.717, 1.165) is 5.46 Å². The molecular formula is C25H27BO2. The SMILES string of the molecule is CC1(C)OB(c2ccc(C(c3ccccc3)c3ccccc3)cc2)OC1(C)C. The quantitative estimate of drug-likeness (QED) is 0.466. The van der Waals surface area contributed by atoms with Crippen molar-refractivity contribution < 1.29 is 9.31 Å². The lowest BCUT2D eigenvalue weighted by Crippen LogP contribution is -2.41. The van der Waals surface area contributed by atoms with Crippen LogP contribution in [-0.2, 0) is 9.31 Å². The van der Waals surface area contributed by atoms with Gasteiger partial charge in [-0.25, -0.2) is 0 Å². The van der Waals surface area contributed by atoms with E-state index in [1.165, 1.54) is 16.7 Å². The van der Waals surface area contributed by atoms with Crippen LogP contribution in [0.1, 0.15) is 50.3 Å². The van der Waals surface area contributed by atoms with E-state index in [9.17, 15) is 0 Å². The van der Waals surface area contributed by atoms with Crippen molar-refractivity contribution >= 4 is 12.6 Å². The zero-order chi connectivity index (χ0) is 19.8. The van der Waals surface area contributed by atoms with E-state index in [1.54, 1.807) is 0 Å². The first-order chi connectivity index (χ1) is 13.4. The zero-order valence-corrected chi connectivity index (χ0v) is 17.1. The highest BCUT2D eigenvalue weighted by molar-refractivity contribution is 6.62. The summed E-state index contributed by atoms with van der Waals surface area (Å²) >= 11 is 0. The van der Waals surface area contributed by atoms with E-state index in [-0.39, 0.29) is 24.2 Å². The summed E-state index contributed by atoms with van der Waals surface area (Å²) in [5.41, 5.74) is 4.24. The Kier molecular flexibility index (Phi) is 4.90. The molecule has 1 aliphatic rings. The first kappa shape index (κ1) is 19.0. The third-order valence-electron chi connectivity index (χ3n) is 6.06. The molecule has 2 nitrogen and oxygen atoms in total. The molecule has 3 aromatic rings. The van der Waals surface area contributed by atoms with E-state index in [2.05, 4.69) is 113 Å². The Bertz CT molecular complexity index is 862. The van der Waals surface area contributed by atoms with Gasteiger partial charge in [-0.3, -0.25) is 0 Å². The molecule has 1 heterocycles. The lowest BCUT2D eigenvalue weighted by molar-refractivity contribution is 0.00578. The molecule has 1 aliphatic heterocycles. The van der Waals surface area contributed by atoms with Gasteiger partial charge in [-0.2, -0.15) is 0 Å². The first-order valence-electron chi connectivity index (χ1n) is 9.93. The van der Waals surface area contributed by atoms with Gasteiger partial charge in [0.15, 0.2) is 0 Å². The molecule has 142 valence electrons. The Balaban J connectivity index is 1.66. The average molecular weight is 370 g/mol. The highest BCUT2D eigenvalue weighted by atomic mass is 16.7. The summed E-state index contributed by atoms with van der Waals surface area (Å²) in [4.78, 5) is 0. The molecule has 0 amide bonds. The van der Waals surface area contributed by atoms with Crippen molar-refractivity contribution in [3.8, 4) is 0 Å². The second-order valence-electron chi connectivity index (χ2n) is 8.51. The third-order valence-corrected chi connectivity index (χ3v) is 6.06. The molecule has 0 aromatic heterocycles. The number of hydrogen-bond donors (Lipinski definition) is 0. The smallest absolute Gasteiger partial charge is 0.399 e. The predicted molar refractivity (Wildman–Crippen MR) is 116 cm³/mol. The van der Waals surface area contributed by atoms with E-state index < -0.39 is 0 Å². The summed E-state index contributed by atoms with van der Waals surface area (Å²) in [6.07, 6.45) is 0. The van der Waals surface area contributed by atoms with Crippen LogP contribution in [0.2, 0.25) is 0 Å². The molecule has 0 bridgehead atoms. The molecule has 28 heavy (non-hydrogen) atoms. The van der Waals surface area contributed by atoms with E-state index in [1.807, 2.05) is 0 Å². The van der Waals surface area contributed by atoms with Gasteiger partial charge in [-0.05, 0) is 49.8 Å². The number of rotatable bonds is 4. The highest BCUT2D eigenvalue weighted by Crippen LogP contribution is 2.37. The fourth-order valence-corrected chi connectivity index (χ4v) is 3.69. The molecule has 0 radical (unpaired) electrons. The normalized spacial score (nSPS) is 17.8. The van der Waals surface area contributed by atoms with Crippen LogP contribution in [0.5, 0.6) is 0 Å². The Morgan fingerprint density at radius 1 is 0.571 bits per heavy atom. The predicted octanol–water partition coefficient (Wildman–Crippen LogP) is 5.17. The standard InChI is InChI=1S/C25H27BO2/c1-24(2)25(3,4)28-26(27-24)22-17-15-21(16-18-22)23(19-11-7-5-8-12-19)20-13-9-6-10-14-20/h5-18,23H,1-4H3. The van der Waals surface area contributed by atoms with Crippen molar-refractivity contribution in [2.45, 2.75) is 44.8 Å². The fourth-order valence-electron chi connectivity index (χ4n) is 3.69. The van der Waals surface area contributed by atoms with Crippen molar-refractivity contribution in [1.82, 2.24) is 0 Å². The van der Waals surface area contributed by atoms with Gasteiger partial charge in [0, 0.05) is 5.92 Å². The molecule has 3 heteroatoms. The Hall–Kier alpha value is -2.36. The van der Waals surface area contributed by atoms with Crippen LogP contribution in [0.15, 0.2) is 84.9 Å². The van der Waals surface area contributed by atoms with Gasteiger partial charge in [0.25, 0.3) is 0 Å². The maximum atomic E-state index is 6.20. The summed E-state index contributed by atoms with van der Waals surface area (Å²) in [5, 5.41) is 0. The van der Waals surface area contributed by atoms with Gasteiger partial charge in [0.05, 0.1) is 11.2 Å². The maximum absolute atomic E-state index is 6.20. The minimum absolute atomic E-state index is 0.203. The molecule has 0 spiro atoms. The van der Waals surface area contributed by atoms with Crippen LogP contribution in [0.3, 0.4) is 0 Å². The van der Waals surface area contributed by atoms with Crippen LogP contribution in [0.25, 0.3) is 0 Å². The second kappa shape index (κ2) is 7.23. The van der Waals surface area contributed by atoms with Gasteiger partial charge < -0.3 is 9.31 Å². The fraction of sp³-hybridized carbons (Fsp3) is 0.280. The third kappa shape index (κ3) is 3.53. The summed E-state index contributed by atoms with van der Waals surface area (Å²) in [6, 6.07) is 30.0. The monoisotopic (exact) mass is 370 g/mol. The summed E-state index contributed by atoms with van der Waals surface area (Å²) < 4.78 is 12.4. The van der Waals surface area contributed by atoms with E-state index >= 15 is 0 Å². The van der Waals surface area contributed by atoms with Gasteiger partial charge in [0.2, 0.25) is 0 Å². The Labute approximate surface area is 168 Å². The number of benzene rings is 3. The van der Waals surface area contributed by atoms with Crippen LogP contribution >= 0.6 is 0 Å². The van der Waals surface area contributed by atoms with Crippen LogP contribution in [0.4, 0.5) is 0 Å². The van der Waals surface area contributed by atoms with E-state index in [4.69, 9.17) is 9.31 Å². The second-order valence-corrected chi connectivity index (χ2v) is 8.51. The number of hydrogen-bond acceptors (Lipinski definition) is 2. The van der Waals surface area contributed by atoms with Gasteiger partial charge in [0.1, 0.15) is 0 Å². The van der Waals surface area contributed by atoms with Crippen molar-refractivity contribution in [2.24, 2.45) is 0 Å². The lowest BCUT2D eigenvalue weighted by atomic mass is 9.77. The highest BCUT2D eigenvalue weighted by Gasteiger charge is 2.51. The van der Waals surface area contributed by atoms with Crippen LogP contribution in [0, 0.1) is 0 Å². The van der Waals surface area contributed by atoms with Crippen LogP contribution in [-0.4, -0.2) is 18.3 Å². The van der Waals surface area contributed by atoms with Crippen molar-refractivity contribution in [2.75, 3.05) is 0 Å². The van der Waals surface area contributed by atoms with Gasteiger partial charge in [-0.15, -0.1) is 0 Å². The van der Waals surface area contributed by atoms with Gasteiger partial charge >= 0.3 is 7.12 Å². The molecule has 4 rings (SSSR count). The summed E-state index contributed by atoms with van der Waals surface area (Å²) in [6.45, 7) is 8.34. The molecule has 0 saturated carbocycles. The largest absolute Gasteiger partial charge is 0.494 e. The zero-order valence-electron chi connectivity index (χ0n) is 17.1. The Morgan fingerprint density at radius 3 is 1.39 bits per heavy atom. The van der Waals surface area contributed by atoms with Crippen LogP contribution < -0.4 is 5.46 Å². The molecule has 0 N–H and O–H groups in total. The average Bonchev–Trinajstić information content (AvgIpc) is 2.92. The first-order valence-corrected chi connectivity index (χ1v) is 9.93. The topological polar surface area (TPSA) is 18.5 Å². The Morgan fingerprint density at radius 2 is 0.964 bits per heavy atom. The molecule has 0 unspecified atom stereocenters. The van der Waals surface area contributed by atoms with Crippen molar-refractivity contribution in [3.05, 3.63) is 102 Å². The molecule has 0 atom stereocenters. The summed E-state index contributed by atoms with van der Waals surface area (Å²) in [5.74, 6) is 0.203. The minimum Gasteiger partial charge on any atom is -0.399 e. The minimum atomic E-state index is -0.328. The maximum Gasteiger partial charge on any atom is 0.494 e. The molecular weight excluding hydrogens is 343 g/mol. The molecule has 3 aromatic carbocycles. The molecule has 1 fully saturated rings. The molecule has 0 aliphatic carbocycles. The summed E-state index contributed by atoms with van der Waals surface area (Å²) in [7, 11) is -0.328.